The number of benzene rings is 2. The molecule has 7 nitrogen and oxygen atoms in total. The van der Waals surface area contributed by atoms with E-state index in [0.29, 0.717) is 25.5 Å². The number of carbonyl (C=O) groups is 1. The van der Waals surface area contributed by atoms with Gasteiger partial charge in [-0.1, -0.05) is 0 Å². The van der Waals surface area contributed by atoms with Crippen LogP contribution in [0.25, 0.3) is 0 Å². The van der Waals surface area contributed by atoms with E-state index in [4.69, 9.17) is 4.74 Å². The van der Waals surface area contributed by atoms with Crippen LogP contribution in [0.5, 0.6) is 5.75 Å². The van der Waals surface area contributed by atoms with Crippen molar-refractivity contribution in [1.82, 2.24) is 0 Å². The van der Waals surface area contributed by atoms with Crippen LogP contribution in [-0.4, -0.2) is 45.9 Å². The van der Waals surface area contributed by atoms with Gasteiger partial charge in [-0.25, -0.2) is 17.6 Å². The molecule has 2 aromatic carbocycles. The van der Waals surface area contributed by atoms with Crippen LogP contribution in [0.3, 0.4) is 0 Å². The Bertz CT molecular complexity index is 1120. The summed E-state index contributed by atoms with van der Waals surface area (Å²) >= 11 is 0. The van der Waals surface area contributed by atoms with Gasteiger partial charge in [0.05, 0.1) is 29.6 Å². The van der Waals surface area contributed by atoms with Crippen molar-refractivity contribution < 1.29 is 40.6 Å². The lowest BCUT2D eigenvalue weighted by Gasteiger charge is -2.32. The van der Waals surface area contributed by atoms with Crippen LogP contribution in [0.2, 0.25) is 0 Å². The maximum atomic E-state index is 13.9. The fourth-order valence-electron chi connectivity index (χ4n) is 3.43. The molecule has 2 N–H and O–H groups in total. The molecule has 1 heterocycles. The summed E-state index contributed by atoms with van der Waals surface area (Å²) in [5.74, 6) is -1.59. The second-order valence-corrected chi connectivity index (χ2v) is 8.84. The van der Waals surface area contributed by atoms with Crippen molar-refractivity contribution in [1.29, 1.82) is 0 Å². The molecule has 0 amide bonds. The Kier molecular flexibility index (Phi) is 6.54. The fourth-order valence-corrected chi connectivity index (χ4v) is 4.69. The number of nitrogens with zero attached hydrogens (tertiary/aromatic N) is 1. The number of piperidine rings is 1. The van der Waals surface area contributed by atoms with Gasteiger partial charge in [0.1, 0.15) is 16.8 Å². The minimum atomic E-state index is -4.75. The number of ether oxygens (including phenoxy) is 1. The molecule has 0 aromatic heterocycles. The van der Waals surface area contributed by atoms with Gasteiger partial charge in [0.25, 0.3) is 10.0 Å². The van der Waals surface area contributed by atoms with E-state index in [2.05, 4.69) is 4.72 Å². The molecular formula is C20H20F4N2O5S. The average Bonchev–Trinajstić information content (AvgIpc) is 2.72. The maximum Gasteiger partial charge on any atom is 0.416 e. The first-order valence-corrected chi connectivity index (χ1v) is 10.9. The monoisotopic (exact) mass is 476 g/mol. The molecule has 1 atom stereocenters. The van der Waals surface area contributed by atoms with Gasteiger partial charge in [-0.3, -0.25) is 4.72 Å². The Labute approximate surface area is 181 Å². The number of methoxy groups -OCH3 is 1. The van der Waals surface area contributed by atoms with Gasteiger partial charge >= 0.3 is 12.1 Å². The lowest BCUT2D eigenvalue weighted by Crippen LogP contribution is -2.37. The molecule has 1 aliphatic heterocycles. The van der Waals surface area contributed by atoms with Gasteiger partial charge in [0, 0.05) is 13.1 Å². The number of hydrogen-bond acceptors (Lipinski definition) is 5. The Balaban J connectivity index is 2.10. The molecule has 1 saturated heterocycles. The summed E-state index contributed by atoms with van der Waals surface area (Å²) in [6.07, 6.45) is -5.20. The number of aromatic carboxylic acids is 1. The van der Waals surface area contributed by atoms with E-state index >= 15 is 0 Å². The third kappa shape index (κ3) is 5.06. The molecule has 0 unspecified atom stereocenters. The Morgan fingerprint density at radius 3 is 2.53 bits per heavy atom. The second-order valence-electron chi connectivity index (χ2n) is 7.19. The maximum absolute atomic E-state index is 13.9. The quantitative estimate of drug-likeness (QED) is 0.609. The Hall–Kier alpha value is -3.02. The third-order valence-electron chi connectivity index (χ3n) is 4.97. The van der Waals surface area contributed by atoms with Gasteiger partial charge < -0.3 is 14.7 Å². The number of rotatable bonds is 6. The van der Waals surface area contributed by atoms with Crippen molar-refractivity contribution >= 4 is 27.4 Å². The average molecular weight is 476 g/mol. The van der Waals surface area contributed by atoms with E-state index in [1.807, 2.05) is 0 Å². The molecule has 0 bridgehead atoms. The first-order valence-electron chi connectivity index (χ1n) is 9.47. The summed E-state index contributed by atoms with van der Waals surface area (Å²) in [7, 11) is -3.41. The van der Waals surface area contributed by atoms with E-state index in [-0.39, 0.29) is 23.5 Å². The lowest BCUT2D eigenvalue weighted by molar-refractivity contribution is -0.137. The zero-order chi connectivity index (χ0) is 23.7. The van der Waals surface area contributed by atoms with Crippen LogP contribution in [0.4, 0.5) is 28.9 Å². The number of anilines is 2. The third-order valence-corrected chi connectivity index (χ3v) is 6.36. The normalized spacial score (nSPS) is 17.2. The van der Waals surface area contributed by atoms with E-state index in [1.54, 1.807) is 0 Å². The molecule has 3 rings (SSSR count). The topological polar surface area (TPSA) is 95.9 Å². The molecule has 1 aliphatic rings. The van der Waals surface area contributed by atoms with Crippen molar-refractivity contribution in [2.24, 2.45) is 0 Å². The molecule has 1 fully saturated rings. The number of nitrogens with one attached hydrogen (secondary N) is 1. The molecule has 0 radical (unpaired) electrons. The van der Waals surface area contributed by atoms with E-state index in [1.165, 1.54) is 12.0 Å². The van der Waals surface area contributed by atoms with Gasteiger partial charge in [0.15, 0.2) is 0 Å². The van der Waals surface area contributed by atoms with Crippen LogP contribution in [-0.2, 0) is 16.2 Å². The largest absolute Gasteiger partial charge is 0.495 e. The first-order chi connectivity index (χ1) is 14.9. The molecule has 0 spiro atoms. The molecular weight excluding hydrogens is 456 g/mol. The summed E-state index contributed by atoms with van der Waals surface area (Å²) < 4.78 is 87.0. The standard InChI is InChI=1S/C20H20F4N2O5S/c1-31-17-7-4-12(19(27)28)9-18(17)32(29,30)25-15-10-13(20(22,23)24)5-6-16(15)26-8-2-3-14(21)11-26/h4-7,9-10,14,25H,2-3,8,11H2,1H3,(H,27,28)/t14-/m0/s1. The van der Waals surface area contributed by atoms with Crippen molar-refractivity contribution in [2.75, 3.05) is 29.8 Å². The Morgan fingerprint density at radius 2 is 1.94 bits per heavy atom. The van der Waals surface area contributed by atoms with Gasteiger partial charge in [-0.2, -0.15) is 13.2 Å². The summed E-state index contributed by atoms with van der Waals surface area (Å²) in [6, 6.07) is 5.61. The smallest absolute Gasteiger partial charge is 0.416 e. The van der Waals surface area contributed by atoms with Crippen LogP contribution in [0.15, 0.2) is 41.3 Å². The summed E-state index contributed by atoms with van der Waals surface area (Å²) in [4.78, 5) is 12.2. The molecule has 174 valence electrons. The molecule has 32 heavy (non-hydrogen) atoms. The van der Waals surface area contributed by atoms with E-state index in [9.17, 15) is 35.9 Å². The van der Waals surface area contributed by atoms with Crippen LogP contribution in [0, 0.1) is 0 Å². The molecule has 0 saturated carbocycles. The van der Waals surface area contributed by atoms with E-state index in [0.717, 1.165) is 30.3 Å². The highest BCUT2D eigenvalue weighted by Crippen LogP contribution is 2.38. The number of sulfonamides is 1. The van der Waals surface area contributed by atoms with Crippen LogP contribution >= 0.6 is 0 Å². The Morgan fingerprint density at radius 1 is 1.22 bits per heavy atom. The summed E-state index contributed by atoms with van der Waals surface area (Å²) in [5.41, 5.74) is -1.78. The van der Waals surface area contributed by atoms with E-state index < -0.39 is 44.5 Å². The van der Waals surface area contributed by atoms with Crippen LogP contribution < -0.4 is 14.4 Å². The predicted molar refractivity (Wildman–Crippen MR) is 109 cm³/mol. The second kappa shape index (κ2) is 8.85. The van der Waals surface area contributed by atoms with Crippen LogP contribution in [0.1, 0.15) is 28.8 Å². The molecule has 2 aromatic rings. The number of halogens is 4. The highest BCUT2D eigenvalue weighted by Gasteiger charge is 2.33. The SMILES string of the molecule is COc1ccc(C(=O)O)cc1S(=O)(=O)Nc1cc(C(F)(F)F)ccc1N1CCC[C@H](F)C1. The van der Waals surface area contributed by atoms with Gasteiger partial charge in [0.2, 0.25) is 0 Å². The van der Waals surface area contributed by atoms with Crippen molar-refractivity contribution in [2.45, 2.75) is 30.1 Å². The number of carboxylic acids is 1. The predicted octanol–water partition coefficient (Wildman–Crippen LogP) is 4.15. The van der Waals surface area contributed by atoms with Crippen molar-refractivity contribution in [3.05, 3.63) is 47.5 Å². The minimum Gasteiger partial charge on any atom is -0.495 e. The molecule has 0 aliphatic carbocycles. The van der Waals surface area contributed by atoms with Gasteiger partial charge in [-0.05, 0) is 49.2 Å². The summed E-state index contributed by atoms with van der Waals surface area (Å²) in [6.45, 7) is 0.232. The summed E-state index contributed by atoms with van der Waals surface area (Å²) in [5, 5.41) is 9.17. The van der Waals surface area contributed by atoms with Gasteiger partial charge in [-0.15, -0.1) is 0 Å². The highest BCUT2D eigenvalue weighted by atomic mass is 32.2. The number of hydrogen-bond donors (Lipinski definition) is 2. The number of alkyl halides is 4. The molecule has 12 heteroatoms. The van der Waals surface area contributed by atoms with Crippen molar-refractivity contribution in [3.63, 3.8) is 0 Å². The fraction of sp³-hybridized carbons (Fsp3) is 0.350. The minimum absolute atomic E-state index is 0.0808. The zero-order valence-electron chi connectivity index (χ0n) is 16.8. The highest BCUT2D eigenvalue weighted by molar-refractivity contribution is 7.92. The first kappa shape index (κ1) is 23.6. The van der Waals surface area contributed by atoms with Crippen molar-refractivity contribution in [3.8, 4) is 5.75 Å². The number of carboxylic acid groups (broad SMARTS) is 1. The zero-order valence-corrected chi connectivity index (χ0v) is 17.6. The lowest BCUT2D eigenvalue weighted by atomic mass is 10.1.